The smallest absolute Gasteiger partial charge is 0.275 e. The van der Waals surface area contributed by atoms with Crippen molar-refractivity contribution >= 4 is 49.6 Å². The van der Waals surface area contributed by atoms with Gasteiger partial charge in [-0.2, -0.15) is 0 Å². The van der Waals surface area contributed by atoms with E-state index >= 15 is 0 Å². The Balaban J connectivity index is 1.51. The minimum atomic E-state index is -0.192. The Hall–Kier alpha value is -2.03. The van der Waals surface area contributed by atoms with Crippen LogP contribution in [0.1, 0.15) is 28.3 Å². The number of rotatable bonds is 5. The first kappa shape index (κ1) is 16.4. The average Bonchev–Trinajstić information content (AvgIpc) is 3.34. The van der Waals surface area contributed by atoms with E-state index in [4.69, 9.17) is 10.7 Å². The van der Waals surface area contributed by atoms with Gasteiger partial charge in [0.05, 0.1) is 15.2 Å². The molecule has 0 bridgehead atoms. The monoisotopic (exact) mass is 373 g/mol. The maximum absolute atomic E-state index is 12.4. The molecule has 1 aromatic carbocycles. The molecule has 2 aromatic heterocycles. The van der Waals surface area contributed by atoms with Crippen LogP contribution in [0.5, 0.6) is 0 Å². The molecule has 1 aliphatic heterocycles. The number of nitrogens with zero attached hydrogens (tertiary/aromatic N) is 3. The Morgan fingerprint density at radius 1 is 1.28 bits per heavy atom. The van der Waals surface area contributed by atoms with Crippen LogP contribution < -0.4 is 16.0 Å². The largest absolute Gasteiger partial charge is 0.348 e. The summed E-state index contributed by atoms with van der Waals surface area (Å²) in [6.45, 7) is 2.70. The van der Waals surface area contributed by atoms with Gasteiger partial charge < -0.3 is 16.0 Å². The van der Waals surface area contributed by atoms with E-state index in [2.05, 4.69) is 15.2 Å². The molecule has 0 saturated carbocycles. The van der Waals surface area contributed by atoms with Crippen molar-refractivity contribution in [2.45, 2.75) is 19.3 Å². The van der Waals surface area contributed by atoms with Crippen molar-refractivity contribution in [3.8, 4) is 0 Å². The first-order valence-electron chi connectivity index (χ1n) is 8.34. The number of anilines is 2. The van der Waals surface area contributed by atoms with Crippen molar-refractivity contribution in [1.29, 1.82) is 0 Å². The Morgan fingerprint density at radius 3 is 2.92 bits per heavy atom. The number of nitrogens with one attached hydrogen (secondary N) is 1. The normalized spacial score (nSPS) is 14.4. The summed E-state index contributed by atoms with van der Waals surface area (Å²) in [5, 5.41) is 6.66. The van der Waals surface area contributed by atoms with Crippen molar-refractivity contribution in [2.24, 2.45) is 5.73 Å². The van der Waals surface area contributed by atoms with Gasteiger partial charge in [0.2, 0.25) is 0 Å². The molecule has 8 heteroatoms. The van der Waals surface area contributed by atoms with Gasteiger partial charge in [-0.3, -0.25) is 4.79 Å². The summed E-state index contributed by atoms with van der Waals surface area (Å²) in [4.78, 5) is 23.7. The van der Waals surface area contributed by atoms with Crippen LogP contribution in [0.15, 0.2) is 23.6 Å². The second-order valence-corrected chi connectivity index (χ2v) is 7.94. The van der Waals surface area contributed by atoms with Gasteiger partial charge in [-0.25, -0.2) is 9.97 Å². The standard InChI is InChI=1S/C17H19N5OS2/c18-6-5-15-20-13(10-24-15)16(23)19-11-3-4-12-14(9-11)25-17(21-12)22-7-1-2-8-22/h3-4,9-10H,1-2,5-8,18H2,(H,19,23). The zero-order valence-electron chi connectivity index (χ0n) is 13.7. The molecule has 130 valence electrons. The summed E-state index contributed by atoms with van der Waals surface area (Å²) >= 11 is 3.15. The van der Waals surface area contributed by atoms with Gasteiger partial charge in [0, 0.05) is 30.6 Å². The number of hydrogen-bond donors (Lipinski definition) is 2. The number of benzene rings is 1. The molecular weight excluding hydrogens is 354 g/mol. The lowest BCUT2D eigenvalue weighted by Crippen LogP contribution is -2.16. The number of carbonyl (C=O) groups excluding carboxylic acids is 1. The van der Waals surface area contributed by atoms with Crippen LogP contribution in [-0.4, -0.2) is 35.5 Å². The molecule has 1 saturated heterocycles. The second kappa shape index (κ2) is 7.07. The second-order valence-electron chi connectivity index (χ2n) is 5.99. The highest BCUT2D eigenvalue weighted by atomic mass is 32.1. The van der Waals surface area contributed by atoms with Crippen LogP contribution in [0.25, 0.3) is 10.2 Å². The third-order valence-corrected chi connectivity index (χ3v) is 6.14. The van der Waals surface area contributed by atoms with E-state index in [1.54, 1.807) is 16.7 Å². The van der Waals surface area contributed by atoms with Gasteiger partial charge in [-0.05, 0) is 37.6 Å². The molecule has 1 amide bonds. The van der Waals surface area contributed by atoms with Crippen LogP contribution in [0.3, 0.4) is 0 Å². The number of nitrogens with two attached hydrogens (primary N) is 1. The molecule has 3 N–H and O–H groups in total. The topological polar surface area (TPSA) is 84.1 Å². The summed E-state index contributed by atoms with van der Waals surface area (Å²) < 4.78 is 1.08. The Bertz CT molecular complexity index is 897. The number of fused-ring (bicyclic) bond motifs is 1. The maximum atomic E-state index is 12.4. The average molecular weight is 374 g/mol. The van der Waals surface area contributed by atoms with Crippen LogP contribution in [-0.2, 0) is 6.42 Å². The van der Waals surface area contributed by atoms with E-state index in [1.165, 1.54) is 24.2 Å². The zero-order valence-corrected chi connectivity index (χ0v) is 15.3. The predicted octanol–water partition coefficient (Wildman–Crippen LogP) is 3.11. The highest BCUT2D eigenvalue weighted by Crippen LogP contribution is 2.32. The van der Waals surface area contributed by atoms with Crippen LogP contribution >= 0.6 is 22.7 Å². The molecule has 0 aliphatic carbocycles. The highest BCUT2D eigenvalue weighted by molar-refractivity contribution is 7.22. The fourth-order valence-corrected chi connectivity index (χ4v) is 4.73. The molecule has 3 heterocycles. The number of aromatic nitrogens is 2. The summed E-state index contributed by atoms with van der Waals surface area (Å²) in [5.41, 5.74) is 7.71. The number of carbonyl (C=O) groups is 1. The maximum Gasteiger partial charge on any atom is 0.275 e. The summed E-state index contributed by atoms with van der Waals surface area (Å²) in [6, 6.07) is 5.83. The molecule has 1 fully saturated rings. The van der Waals surface area contributed by atoms with Gasteiger partial charge in [-0.1, -0.05) is 11.3 Å². The van der Waals surface area contributed by atoms with Crippen molar-refractivity contribution in [3.63, 3.8) is 0 Å². The molecule has 0 spiro atoms. The van der Waals surface area contributed by atoms with Gasteiger partial charge in [-0.15, -0.1) is 11.3 Å². The van der Waals surface area contributed by atoms with E-state index in [0.717, 1.165) is 39.1 Å². The molecule has 6 nitrogen and oxygen atoms in total. The van der Waals surface area contributed by atoms with Gasteiger partial charge in [0.25, 0.3) is 5.91 Å². The molecule has 0 atom stereocenters. The van der Waals surface area contributed by atoms with E-state index in [-0.39, 0.29) is 5.91 Å². The van der Waals surface area contributed by atoms with Gasteiger partial charge >= 0.3 is 0 Å². The zero-order chi connectivity index (χ0) is 17.2. The van der Waals surface area contributed by atoms with Crippen LogP contribution in [0, 0.1) is 0 Å². The minimum Gasteiger partial charge on any atom is -0.348 e. The van der Waals surface area contributed by atoms with Crippen LogP contribution in [0.4, 0.5) is 10.8 Å². The third-order valence-electron chi connectivity index (χ3n) is 4.15. The molecule has 0 unspecified atom stereocenters. The fourth-order valence-electron chi connectivity index (χ4n) is 2.88. The van der Waals surface area contributed by atoms with Gasteiger partial charge in [0.1, 0.15) is 5.69 Å². The van der Waals surface area contributed by atoms with Crippen molar-refractivity contribution in [3.05, 3.63) is 34.3 Å². The Kier molecular flexibility index (Phi) is 4.65. The number of thiazole rings is 2. The van der Waals surface area contributed by atoms with E-state index < -0.39 is 0 Å². The van der Waals surface area contributed by atoms with E-state index in [0.29, 0.717) is 18.7 Å². The fraction of sp³-hybridized carbons (Fsp3) is 0.353. The first-order chi connectivity index (χ1) is 12.2. The van der Waals surface area contributed by atoms with Gasteiger partial charge in [0.15, 0.2) is 5.13 Å². The highest BCUT2D eigenvalue weighted by Gasteiger charge is 2.17. The van der Waals surface area contributed by atoms with Crippen LogP contribution in [0.2, 0.25) is 0 Å². The molecule has 3 aromatic rings. The van der Waals surface area contributed by atoms with Crippen molar-refractivity contribution < 1.29 is 4.79 Å². The predicted molar refractivity (Wildman–Crippen MR) is 104 cm³/mol. The summed E-state index contributed by atoms with van der Waals surface area (Å²) in [7, 11) is 0. The molecule has 25 heavy (non-hydrogen) atoms. The third kappa shape index (κ3) is 3.51. The molecular formula is C17H19N5OS2. The van der Waals surface area contributed by atoms with E-state index in [1.807, 2.05) is 18.2 Å². The SMILES string of the molecule is NCCc1nc(C(=O)Nc2ccc3nc(N4CCCC4)sc3c2)cs1. The lowest BCUT2D eigenvalue weighted by molar-refractivity contribution is 0.102. The first-order valence-corrected chi connectivity index (χ1v) is 10.0. The number of hydrogen-bond acceptors (Lipinski definition) is 7. The van der Waals surface area contributed by atoms with Crippen molar-refractivity contribution in [1.82, 2.24) is 9.97 Å². The minimum absolute atomic E-state index is 0.192. The van der Waals surface area contributed by atoms with Crippen molar-refractivity contribution in [2.75, 3.05) is 29.9 Å². The lowest BCUT2D eigenvalue weighted by Gasteiger charge is -2.11. The molecule has 1 aliphatic rings. The summed E-state index contributed by atoms with van der Waals surface area (Å²) in [5.74, 6) is -0.192. The number of amides is 1. The summed E-state index contributed by atoms with van der Waals surface area (Å²) in [6.07, 6.45) is 3.16. The quantitative estimate of drug-likeness (QED) is 0.718. The molecule has 0 radical (unpaired) electrons. The molecule has 4 rings (SSSR count). The Labute approximate surface area is 153 Å². The van der Waals surface area contributed by atoms with E-state index in [9.17, 15) is 4.79 Å². The Morgan fingerprint density at radius 2 is 2.12 bits per heavy atom. The lowest BCUT2D eigenvalue weighted by atomic mass is 10.3.